The summed E-state index contributed by atoms with van der Waals surface area (Å²) in [6.45, 7) is 1.50. The van der Waals surface area contributed by atoms with E-state index in [0.29, 0.717) is 11.3 Å². The fourth-order valence-corrected chi connectivity index (χ4v) is 1.88. The van der Waals surface area contributed by atoms with Gasteiger partial charge in [0.25, 0.3) is 5.91 Å². The number of anilines is 1. The first-order valence-electron chi connectivity index (χ1n) is 6.94. The standard InChI is InChI=1S/C17H13F3N2O2/c1-11(24-15-4-2-3-12(9-15)10-21)16(23)22-14-7-5-13(6-8-14)17(18,19)20/h2-9,11H,1H3,(H,22,23)/t11-/m0/s1. The second-order valence-corrected chi connectivity index (χ2v) is 4.96. The Morgan fingerprint density at radius 2 is 1.88 bits per heavy atom. The van der Waals surface area contributed by atoms with Crippen molar-refractivity contribution in [3.63, 3.8) is 0 Å². The number of carbonyl (C=O) groups excluding carboxylic acids is 1. The molecule has 0 unspecified atom stereocenters. The summed E-state index contributed by atoms with van der Waals surface area (Å²) in [4.78, 5) is 12.0. The molecule has 2 aromatic carbocycles. The molecule has 0 fully saturated rings. The molecule has 1 atom stereocenters. The molecule has 0 heterocycles. The molecule has 2 rings (SSSR count). The summed E-state index contributed by atoms with van der Waals surface area (Å²) in [7, 11) is 0. The van der Waals surface area contributed by atoms with Gasteiger partial charge in [0.1, 0.15) is 5.75 Å². The van der Waals surface area contributed by atoms with Crippen LogP contribution in [-0.2, 0) is 11.0 Å². The number of rotatable bonds is 4. The van der Waals surface area contributed by atoms with E-state index in [1.54, 1.807) is 18.2 Å². The number of alkyl halides is 3. The minimum atomic E-state index is -4.43. The van der Waals surface area contributed by atoms with Crippen LogP contribution in [0.3, 0.4) is 0 Å². The van der Waals surface area contributed by atoms with Gasteiger partial charge in [-0.25, -0.2) is 0 Å². The molecule has 2 aromatic rings. The fraction of sp³-hybridized carbons (Fsp3) is 0.176. The number of nitriles is 1. The Kier molecular flexibility index (Phi) is 5.09. The molecule has 0 aliphatic carbocycles. The van der Waals surface area contributed by atoms with Gasteiger partial charge in [0.15, 0.2) is 6.10 Å². The number of halogens is 3. The van der Waals surface area contributed by atoms with Gasteiger partial charge in [-0.1, -0.05) is 6.07 Å². The molecular weight excluding hydrogens is 321 g/mol. The van der Waals surface area contributed by atoms with Crippen molar-refractivity contribution < 1.29 is 22.7 Å². The highest BCUT2D eigenvalue weighted by atomic mass is 19.4. The lowest BCUT2D eigenvalue weighted by Gasteiger charge is -2.15. The Labute approximate surface area is 136 Å². The maximum absolute atomic E-state index is 12.5. The normalized spacial score (nSPS) is 12.1. The van der Waals surface area contributed by atoms with Gasteiger partial charge in [-0.15, -0.1) is 0 Å². The highest BCUT2D eigenvalue weighted by Gasteiger charge is 2.30. The lowest BCUT2D eigenvalue weighted by Crippen LogP contribution is -2.30. The highest BCUT2D eigenvalue weighted by Crippen LogP contribution is 2.29. The van der Waals surface area contributed by atoms with Gasteiger partial charge in [0.2, 0.25) is 0 Å². The third kappa shape index (κ3) is 4.49. The molecule has 124 valence electrons. The van der Waals surface area contributed by atoms with Gasteiger partial charge in [-0.05, 0) is 49.4 Å². The maximum atomic E-state index is 12.5. The fourth-order valence-electron chi connectivity index (χ4n) is 1.88. The SMILES string of the molecule is C[C@H](Oc1cccc(C#N)c1)C(=O)Nc1ccc(C(F)(F)F)cc1. The zero-order valence-electron chi connectivity index (χ0n) is 12.6. The van der Waals surface area contributed by atoms with E-state index in [4.69, 9.17) is 10.00 Å². The van der Waals surface area contributed by atoms with E-state index in [1.165, 1.54) is 25.1 Å². The minimum absolute atomic E-state index is 0.231. The Balaban J connectivity index is 2.00. The van der Waals surface area contributed by atoms with E-state index in [2.05, 4.69) is 5.32 Å². The number of hydrogen-bond donors (Lipinski definition) is 1. The van der Waals surface area contributed by atoms with Crippen LogP contribution < -0.4 is 10.1 Å². The molecule has 0 bridgehead atoms. The summed E-state index contributed by atoms with van der Waals surface area (Å²) in [5, 5.41) is 11.3. The van der Waals surface area contributed by atoms with Crippen molar-refractivity contribution in [3.8, 4) is 11.8 Å². The van der Waals surface area contributed by atoms with E-state index >= 15 is 0 Å². The van der Waals surface area contributed by atoms with Gasteiger partial charge in [-0.2, -0.15) is 18.4 Å². The van der Waals surface area contributed by atoms with E-state index in [9.17, 15) is 18.0 Å². The molecule has 0 radical (unpaired) electrons. The second-order valence-electron chi connectivity index (χ2n) is 4.96. The van der Waals surface area contributed by atoms with Crippen LogP contribution in [0.5, 0.6) is 5.75 Å². The Hall–Kier alpha value is -3.01. The highest BCUT2D eigenvalue weighted by molar-refractivity contribution is 5.94. The average Bonchev–Trinajstić information content (AvgIpc) is 2.54. The Morgan fingerprint density at radius 1 is 1.21 bits per heavy atom. The third-order valence-electron chi connectivity index (χ3n) is 3.12. The first-order valence-corrected chi connectivity index (χ1v) is 6.94. The van der Waals surface area contributed by atoms with Crippen molar-refractivity contribution in [1.82, 2.24) is 0 Å². The molecule has 0 aromatic heterocycles. The van der Waals surface area contributed by atoms with E-state index < -0.39 is 23.8 Å². The van der Waals surface area contributed by atoms with Gasteiger partial charge in [0.05, 0.1) is 17.2 Å². The van der Waals surface area contributed by atoms with Crippen LogP contribution in [0, 0.1) is 11.3 Å². The predicted molar refractivity (Wildman–Crippen MR) is 81.3 cm³/mol. The predicted octanol–water partition coefficient (Wildman–Crippen LogP) is 3.98. The molecule has 4 nitrogen and oxygen atoms in total. The quantitative estimate of drug-likeness (QED) is 0.920. The smallest absolute Gasteiger partial charge is 0.416 e. The maximum Gasteiger partial charge on any atom is 0.416 e. The largest absolute Gasteiger partial charge is 0.481 e. The topological polar surface area (TPSA) is 62.1 Å². The molecule has 0 saturated carbocycles. The van der Waals surface area contributed by atoms with Crippen molar-refractivity contribution >= 4 is 11.6 Å². The number of nitrogens with one attached hydrogen (secondary N) is 1. The second kappa shape index (κ2) is 7.04. The van der Waals surface area contributed by atoms with Crippen LogP contribution in [0.2, 0.25) is 0 Å². The molecule has 0 aliphatic rings. The monoisotopic (exact) mass is 334 g/mol. The Bertz CT molecular complexity index is 765. The molecular formula is C17H13F3N2O2. The summed E-state index contributed by atoms with van der Waals surface area (Å²) in [5.74, 6) is -0.166. The number of nitrogens with zero attached hydrogens (tertiary/aromatic N) is 1. The molecule has 0 saturated heterocycles. The van der Waals surface area contributed by atoms with Crippen LogP contribution in [-0.4, -0.2) is 12.0 Å². The van der Waals surface area contributed by atoms with E-state index in [0.717, 1.165) is 12.1 Å². The van der Waals surface area contributed by atoms with Crippen molar-refractivity contribution in [2.24, 2.45) is 0 Å². The molecule has 0 aliphatic heterocycles. The number of carbonyl (C=O) groups is 1. The molecule has 1 N–H and O–H groups in total. The van der Waals surface area contributed by atoms with Gasteiger partial charge in [-0.3, -0.25) is 4.79 Å². The van der Waals surface area contributed by atoms with Crippen LogP contribution in [0.1, 0.15) is 18.1 Å². The zero-order valence-corrected chi connectivity index (χ0v) is 12.6. The number of ether oxygens (including phenoxy) is 1. The van der Waals surface area contributed by atoms with Crippen LogP contribution in [0.25, 0.3) is 0 Å². The van der Waals surface area contributed by atoms with E-state index in [-0.39, 0.29) is 5.69 Å². The van der Waals surface area contributed by atoms with Gasteiger partial charge in [0, 0.05) is 5.69 Å². The van der Waals surface area contributed by atoms with Crippen molar-refractivity contribution in [1.29, 1.82) is 5.26 Å². The Morgan fingerprint density at radius 3 is 2.46 bits per heavy atom. The zero-order chi connectivity index (χ0) is 17.7. The van der Waals surface area contributed by atoms with Gasteiger partial charge < -0.3 is 10.1 Å². The molecule has 1 amide bonds. The minimum Gasteiger partial charge on any atom is -0.481 e. The lowest BCUT2D eigenvalue weighted by molar-refractivity contribution is -0.137. The molecule has 7 heteroatoms. The van der Waals surface area contributed by atoms with Crippen molar-refractivity contribution in [2.45, 2.75) is 19.2 Å². The summed E-state index contributed by atoms with van der Waals surface area (Å²) >= 11 is 0. The molecule has 24 heavy (non-hydrogen) atoms. The summed E-state index contributed by atoms with van der Waals surface area (Å²) in [5.41, 5.74) is -0.171. The number of benzene rings is 2. The van der Waals surface area contributed by atoms with Crippen LogP contribution in [0.4, 0.5) is 18.9 Å². The van der Waals surface area contributed by atoms with Crippen LogP contribution in [0.15, 0.2) is 48.5 Å². The first-order chi connectivity index (χ1) is 11.3. The first kappa shape index (κ1) is 17.3. The van der Waals surface area contributed by atoms with Gasteiger partial charge >= 0.3 is 6.18 Å². The van der Waals surface area contributed by atoms with Crippen molar-refractivity contribution in [3.05, 3.63) is 59.7 Å². The van der Waals surface area contributed by atoms with E-state index in [1.807, 2.05) is 6.07 Å². The summed E-state index contributed by atoms with van der Waals surface area (Å²) < 4.78 is 42.9. The molecule has 0 spiro atoms. The number of hydrogen-bond acceptors (Lipinski definition) is 3. The van der Waals surface area contributed by atoms with Crippen molar-refractivity contribution in [2.75, 3.05) is 5.32 Å². The number of amides is 1. The summed E-state index contributed by atoms with van der Waals surface area (Å²) in [6.07, 6.45) is -5.31. The third-order valence-corrected chi connectivity index (χ3v) is 3.12. The summed E-state index contributed by atoms with van der Waals surface area (Å²) in [6, 6.07) is 12.4. The van der Waals surface area contributed by atoms with Crippen LogP contribution >= 0.6 is 0 Å². The lowest BCUT2D eigenvalue weighted by atomic mass is 10.2. The average molecular weight is 334 g/mol.